The van der Waals surface area contributed by atoms with Crippen LogP contribution in [0.25, 0.3) is 10.9 Å². The van der Waals surface area contributed by atoms with E-state index in [0.29, 0.717) is 12.3 Å². The van der Waals surface area contributed by atoms with Gasteiger partial charge in [-0.1, -0.05) is 12.1 Å². The van der Waals surface area contributed by atoms with Crippen LogP contribution in [-0.4, -0.2) is 37.5 Å². The second kappa shape index (κ2) is 5.43. The summed E-state index contributed by atoms with van der Waals surface area (Å²) >= 11 is 1.65. The zero-order chi connectivity index (χ0) is 14.0. The molecule has 0 saturated heterocycles. The molecule has 0 aliphatic rings. The predicted molar refractivity (Wildman–Crippen MR) is 70.8 cm³/mol. The normalized spacial score (nSPS) is 11.1. The van der Waals surface area contributed by atoms with E-state index in [0.717, 1.165) is 10.4 Å². The third kappa shape index (κ3) is 2.48. The summed E-state index contributed by atoms with van der Waals surface area (Å²) in [5, 5.41) is 16.9. The molecule has 0 aliphatic heterocycles. The van der Waals surface area contributed by atoms with Gasteiger partial charge in [-0.3, -0.25) is 4.79 Å². The molecule has 8 heteroatoms. The summed E-state index contributed by atoms with van der Waals surface area (Å²) in [6.07, 6.45) is 0. The Morgan fingerprint density at radius 1 is 1.53 bits per heavy atom. The predicted octanol–water partition coefficient (Wildman–Crippen LogP) is 1.14. The first-order valence-corrected chi connectivity index (χ1v) is 6.89. The number of aromatic nitrogens is 3. The van der Waals surface area contributed by atoms with E-state index in [4.69, 9.17) is 9.63 Å². The van der Waals surface area contributed by atoms with Gasteiger partial charge in [0.15, 0.2) is 11.2 Å². The molecule has 0 fully saturated rings. The van der Waals surface area contributed by atoms with Gasteiger partial charge in [0, 0.05) is 5.75 Å². The summed E-state index contributed by atoms with van der Waals surface area (Å²) < 4.78 is 6.03. The van der Waals surface area contributed by atoms with E-state index in [-0.39, 0.29) is 22.4 Å². The molecular formula is C11H13N3O4S. The molecule has 0 radical (unpaired) electrons. The molecule has 102 valence electrons. The molecule has 0 spiro atoms. The fraction of sp³-hybridized carbons (Fsp3) is 0.455. The molecule has 1 N–H and O–H groups in total. The summed E-state index contributed by atoms with van der Waals surface area (Å²) in [5.41, 5.74) is -0.602. The Kier molecular flexibility index (Phi) is 3.89. The van der Waals surface area contributed by atoms with Crippen molar-refractivity contribution in [3.05, 3.63) is 21.8 Å². The van der Waals surface area contributed by atoms with Crippen molar-refractivity contribution in [1.29, 1.82) is 0 Å². The lowest BCUT2D eigenvalue weighted by Gasteiger charge is -2.05. The SMILES string of the molecule is CCSCCn1nc(C(=O)O)c2c(C)onc2c1=O. The van der Waals surface area contributed by atoms with Gasteiger partial charge in [-0.25, -0.2) is 9.48 Å². The molecule has 0 bridgehead atoms. The first kappa shape index (κ1) is 13.6. The van der Waals surface area contributed by atoms with E-state index >= 15 is 0 Å². The Bertz CT molecular complexity index is 676. The third-order valence-corrected chi connectivity index (χ3v) is 3.49. The molecule has 0 unspecified atom stereocenters. The second-order valence-electron chi connectivity index (χ2n) is 3.84. The second-order valence-corrected chi connectivity index (χ2v) is 5.24. The van der Waals surface area contributed by atoms with Crippen molar-refractivity contribution in [1.82, 2.24) is 14.9 Å². The summed E-state index contributed by atoms with van der Waals surface area (Å²) in [7, 11) is 0. The van der Waals surface area contributed by atoms with E-state index in [1.54, 1.807) is 18.7 Å². The number of carboxylic acid groups (broad SMARTS) is 1. The van der Waals surface area contributed by atoms with Gasteiger partial charge in [0.1, 0.15) is 5.76 Å². The number of aryl methyl sites for hydroxylation is 2. The van der Waals surface area contributed by atoms with Crippen molar-refractivity contribution in [2.24, 2.45) is 0 Å². The molecule has 0 aliphatic carbocycles. The topological polar surface area (TPSA) is 98.2 Å². The Labute approximate surface area is 112 Å². The number of thioether (sulfide) groups is 1. The molecule has 2 aromatic rings. The molecule has 0 aromatic carbocycles. The smallest absolute Gasteiger partial charge is 0.357 e. The highest BCUT2D eigenvalue weighted by Crippen LogP contribution is 2.17. The number of hydrogen-bond acceptors (Lipinski definition) is 6. The Hall–Kier alpha value is -1.83. The molecular weight excluding hydrogens is 270 g/mol. The van der Waals surface area contributed by atoms with Crippen LogP contribution in [0.1, 0.15) is 23.2 Å². The van der Waals surface area contributed by atoms with E-state index in [9.17, 15) is 9.59 Å². The average Bonchev–Trinajstić information content (AvgIpc) is 2.75. The Morgan fingerprint density at radius 3 is 2.89 bits per heavy atom. The molecule has 2 heterocycles. The Morgan fingerprint density at radius 2 is 2.26 bits per heavy atom. The van der Waals surface area contributed by atoms with Gasteiger partial charge < -0.3 is 9.63 Å². The van der Waals surface area contributed by atoms with Crippen molar-refractivity contribution in [2.45, 2.75) is 20.4 Å². The fourth-order valence-electron chi connectivity index (χ4n) is 1.73. The van der Waals surface area contributed by atoms with Crippen molar-refractivity contribution in [3.63, 3.8) is 0 Å². The summed E-state index contributed by atoms with van der Waals surface area (Å²) in [5.74, 6) is 0.691. The third-order valence-electron chi connectivity index (χ3n) is 2.61. The van der Waals surface area contributed by atoms with Gasteiger partial charge in [0.25, 0.3) is 5.56 Å². The van der Waals surface area contributed by atoms with Gasteiger partial charge in [-0.2, -0.15) is 16.9 Å². The number of carboxylic acids is 1. The van der Waals surface area contributed by atoms with Crippen LogP contribution in [0.15, 0.2) is 9.32 Å². The maximum absolute atomic E-state index is 12.1. The van der Waals surface area contributed by atoms with E-state index < -0.39 is 11.5 Å². The molecule has 19 heavy (non-hydrogen) atoms. The highest BCUT2D eigenvalue weighted by Gasteiger charge is 2.21. The standard InChI is InChI=1S/C11H13N3O4S/c1-3-19-5-4-14-10(15)8-7(6(2)18-13-8)9(12-14)11(16)17/h3-5H2,1-2H3,(H,16,17). The summed E-state index contributed by atoms with van der Waals surface area (Å²) in [6, 6.07) is 0. The largest absolute Gasteiger partial charge is 0.476 e. The lowest BCUT2D eigenvalue weighted by molar-refractivity contribution is 0.0690. The van der Waals surface area contributed by atoms with Gasteiger partial charge in [0.2, 0.25) is 0 Å². The van der Waals surface area contributed by atoms with Crippen LogP contribution in [0.5, 0.6) is 0 Å². The van der Waals surface area contributed by atoms with E-state index in [1.807, 2.05) is 6.92 Å². The maximum Gasteiger partial charge on any atom is 0.357 e. The minimum Gasteiger partial charge on any atom is -0.476 e. The number of rotatable bonds is 5. The number of nitrogens with zero attached hydrogens (tertiary/aromatic N) is 3. The molecule has 7 nitrogen and oxygen atoms in total. The van der Waals surface area contributed by atoms with Crippen LogP contribution in [-0.2, 0) is 6.54 Å². The van der Waals surface area contributed by atoms with Crippen LogP contribution in [0.3, 0.4) is 0 Å². The molecule has 0 saturated carbocycles. The van der Waals surface area contributed by atoms with Crippen molar-refractivity contribution in [3.8, 4) is 0 Å². The zero-order valence-corrected chi connectivity index (χ0v) is 11.4. The van der Waals surface area contributed by atoms with E-state index in [2.05, 4.69) is 10.3 Å². The molecule has 0 amide bonds. The number of carbonyl (C=O) groups is 1. The molecule has 0 atom stereocenters. The van der Waals surface area contributed by atoms with Gasteiger partial charge >= 0.3 is 5.97 Å². The van der Waals surface area contributed by atoms with E-state index in [1.165, 1.54) is 0 Å². The maximum atomic E-state index is 12.1. The van der Waals surface area contributed by atoms with Crippen molar-refractivity contribution < 1.29 is 14.4 Å². The van der Waals surface area contributed by atoms with Crippen LogP contribution < -0.4 is 5.56 Å². The van der Waals surface area contributed by atoms with Crippen LogP contribution >= 0.6 is 11.8 Å². The Balaban J connectivity index is 2.57. The zero-order valence-electron chi connectivity index (χ0n) is 10.5. The quantitative estimate of drug-likeness (QED) is 0.821. The number of hydrogen-bond donors (Lipinski definition) is 1. The van der Waals surface area contributed by atoms with Crippen molar-refractivity contribution in [2.75, 3.05) is 11.5 Å². The average molecular weight is 283 g/mol. The first-order valence-electron chi connectivity index (χ1n) is 5.74. The summed E-state index contributed by atoms with van der Waals surface area (Å²) in [6.45, 7) is 3.91. The lowest BCUT2D eigenvalue weighted by Crippen LogP contribution is -2.27. The minimum atomic E-state index is -1.20. The van der Waals surface area contributed by atoms with Crippen LogP contribution in [0.2, 0.25) is 0 Å². The minimum absolute atomic E-state index is 0.0198. The van der Waals surface area contributed by atoms with Gasteiger partial charge in [-0.05, 0) is 12.7 Å². The number of fused-ring (bicyclic) bond motifs is 1. The first-order chi connectivity index (χ1) is 9.06. The summed E-state index contributed by atoms with van der Waals surface area (Å²) in [4.78, 5) is 23.3. The van der Waals surface area contributed by atoms with Crippen LogP contribution in [0, 0.1) is 6.92 Å². The fourth-order valence-corrected chi connectivity index (χ4v) is 2.32. The number of aromatic carboxylic acids is 1. The van der Waals surface area contributed by atoms with Crippen molar-refractivity contribution >= 4 is 28.6 Å². The molecule has 2 rings (SSSR count). The highest BCUT2D eigenvalue weighted by atomic mass is 32.2. The molecule has 2 aromatic heterocycles. The van der Waals surface area contributed by atoms with Crippen LogP contribution in [0.4, 0.5) is 0 Å². The monoisotopic (exact) mass is 283 g/mol. The lowest BCUT2D eigenvalue weighted by atomic mass is 10.2. The highest BCUT2D eigenvalue weighted by molar-refractivity contribution is 7.99. The van der Waals surface area contributed by atoms with Gasteiger partial charge in [0.05, 0.1) is 11.9 Å². The van der Waals surface area contributed by atoms with Gasteiger partial charge in [-0.15, -0.1) is 0 Å².